The Balaban J connectivity index is -0.000000000333. The SMILES string of the molecule is O=O.[Ca+2].[H-].[H-].[H-].[H-].[Mg+2]. The third kappa shape index (κ3) is 9.46. The first-order valence-electron chi connectivity index (χ1n) is 0.167. The Bertz CT molecular complexity index is 14.0. The van der Waals surface area contributed by atoms with E-state index in [2.05, 4.69) is 0 Å². The van der Waals surface area contributed by atoms with E-state index in [0.717, 1.165) is 0 Å². The van der Waals surface area contributed by atoms with Gasteiger partial charge in [-0.15, -0.1) is 0 Å². The zero-order valence-electron chi connectivity index (χ0n) is 6.23. The predicted molar refractivity (Wildman–Crippen MR) is 22.7 cm³/mol. The number of hydrogen-bond acceptors (Lipinski definition) is 2. The van der Waals surface area contributed by atoms with Crippen LogP contribution in [0.1, 0.15) is 5.71 Å². The van der Waals surface area contributed by atoms with E-state index in [1.54, 1.807) is 0 Å². The summed E-state index contributed by atoms with van der Waals surface area (Å²) in [6.07, 6.45) is 0. The summed E-state index contributed by atoms with van der Waals surface area (Å²) in [5.41, 5.74) is 0. The van der Waals surface area contributed by atoms with Crippen LogP contribution in [0.25, 0.3) is 0 Å². The van der Waals surface area contributed by atoms with Crippen LogP contribution in [0.5, 0.6) is 0 Å². The second-order valence-electron chi connectivity index (χ2n) is 0. The Morgan fingerprint density at radius 2 is 1.25 bits per heavy atom. The van der Waals surface area contributed by atoms with Gasteiger partial charge in [-0.05, 0) is 0 Å². The Kier molecular flexibility index (Phi) is 100. The van der Waals surface area contributed by atoms with Crippen LogP contribution in [0.15, 0.2) is 0 Å². The molecule has 0 spiro atoms. The van der Waals surface area contributed by atoms with Gasteiger partial charge in [0, 0.05) is 9.93 Å². The van der Waals surface area contributed by atoms with Crippen LogP contribution in [0, 0.1) is 9.93 Å². The van der Waals surface area contributed by atoms with E-state index in [0.29, 0.717) is 0 Å². The molecule has 0 N–H and O–H groups in total. The molecule has 0 aliphatic rings. The van der Waals surface area contributed by atoms with E-state index in [4.69, 9.17) is 9.93 Å². The average Bonchev–Trinajstić information content (AvgIpc) is 1.00. The van der Waals surface area contributed by atoms with E-state index in [1.165, 1.54) is 0 Å². The molecular formula is H4CaMgO2. The maximum atomic E-state index is 7.00. The minimum absolute atomic E-state index is 0. The van der Waals surface area contributed by atoms with Crippen LogP contribution in [0.4, 0.5) is 0 Å². The van der Waals surface area contributed by atoms with Gasteiger partial charge in [0.15, 0.2) is 0 Å². The van der Waals surface area contributed by atoms with Crippen molar-refractivity contribution in [2.24, 2.45) is 0 Å². The Hall–Kier alpha value is 1.63. The van der Waals surface area contributed by atoms with Gasteiger partial charge in [0.1, 0.15) is 0 Å². The first-order chi connectivity index (χ1) is 1.00. The summed E-state index contributed by atoms with van der Waals surface area (Å²) >= 11 is 0. The standard InChI is InChI=1S/Ca.Mg.O2.4H/c;;1-2;;;;/q2*+2;;4*-1. The minimum Gasteiger partial charge on any atom is -1.00 e. The molecule has 0 atom stereocenters. The van der Waals surface area contributed by atoms with E-state index in [9.17, 15) is 0 Å². The molecule has 0 aromatic heterocycles. The summed E-state index contributed by atoms with van der Waals surface area (Å²) in [6.45, 7) is 0. The molecule has 0 rings (SSSR count). The third-order valence-corrected chi connectivity index (χ3v) is 0. The fourth-order valence-electron chi connectivity index (χ4n) is 0. The van der Waals surface area contributed by atoms with Crippen molar-refractivity contribution in [1.29, 1.82) is 0 Å². The first kappa shape index (κ1) is 17.5. The van der Waals surface area contributed by atoms with Crippen molar-refractivity contribution in [3.63, 3.8) is 0 Å². The van der Waals surface area contributed by atoms with Crippen LogP contribution in [-0.2, 0) is 0 Å². The van der Waals surface area contributed by atoms with E-state index >= 15 is 0 Å². The summed E-state index contributed by atoms with van der Waals surface area (Å²) in [6, 6.07) is 0. The molecule has 0 fully saturated rings. The average molecular weight is 100 g/mol. The zero-order chi connectivity index (χ0) is 2.00. The van der Waals surface area contributed by atoms with Crippen molar-refractivity contribution in [2.75, 3.05) is 0 Å². The van der Waals surface area contributed by atoms with Gasteiger partial charge in [-0.1, -0.05) is 0 Å². The van der Waals surface area contributed by atoms with E-state index in [-0.39, 0.29) is 66.5 Å². The van der Waals surface area contributed by atoms with Crippen molar-refractivity contribution >= 4 is 60.8 Å². The van der Waals surface area contributed by atoms with Crippen molar-refractivity contribution < 1.29 is 5.71 Å². The molecule has 0 saturated heterocycles. The molecule has 0 aliphatic heterocycles. The second kappa shape index (κ2) is 23.0. The predicted octanol–water partition coefficient (Wildman–Crippen LogP) is -0.245. The van der Waals surface area contributed by atoms with Crippen LogP contribution >= 0.6 is 0 Å². The van der Waals surface area contributed by atoms with E-state index in [1.807, 2.05) is 0 Å². The first-order valence-corrected chi connectivity index (χ1v) is 0.167. The van der Waals surface area contributed by atoms with Crippen molar-refractivity contribution in [3.8, 4) is 0 Å². The fourth-order valence-corrected chi connectivity index (χ4v) is 0. The molecule has 4 heavy (non-hydrogen) atoms. The van der Waals surface area contributed by atoms with Crippen LogP contribution in [0.2, 0.25) is 0 Å². The van der Waals surface area contributed by atoms with Crippen molar-refractivity contribution in [2.45, 2.75) is 0 Å². The molecule has 2 nitrogen and oxygen atoms in total. The molecule has 0 saturated carbocycles. The smallest absolute Gasteiger partial charge is 1.00 e. The van der Waals surface area contributed by atoms with Crippen LogP contribution in [-0.4, -0.2) is 60.8 Å². The molecule has 4 heteroatoms. The van der Waals surface area contributed by atoms with Gasteiger partial charge < -0.3 is 5.71 Å². The fraction of sp³-hybridized carbons (Fsp3) is 0. The molecule has 0 aliphatic carbocycles. The van der Waals surface area contributed by atoms with Gasteiger partial charge in [0.25, 0.3) is 0 Å². The van der Waals surface area contributed by atoms with Crippen molar-refractivity contribution in [3.05, 3.63) is 9.93 Å². The summed E-state index contributed by atoms with van der Waals surface area (Å²) < 4.78 is 0. The van der Waals surface area contributed by atoms with Gasteiger partial charge >= 0.3 is 60.8 Å². The van der Waals surface area contributed by atoms with Gasteiger partial charge in [0.2, 0.25) is 0 Å². The topological polar surface area (TPSA) is 34.1 Å². The van der Waals surface area contributed by atoms with Gasteiger partial charge in [0.05, 0.1) is 0 Å². The van der Waals surface area contributed by atoms with Gasteiger partial charge in [-0.2, -0.15) is 0 Å². The molecular weight excluding hydrogens is 96.4 g/mol. The Morgan fingerprint density at radius 3 is 1.25 bits per heavy atom. The monoisotopic (exact) mass is 100.0 g/mol. The molecule has 20 valence electrons. The van der Waals surface area contributed by atoms with Crippen LogP contribution in [0.3, 0.4) is 0 Å². The summed E-state index contributed by atoms with van der Waals surface area (Å²) in [5, 5.41) is 0. The summed E-state index contributed by atoms with van der Waals surface area (Å²) in [4.78, 5) is 14.0. The van der Waals surface area contributed by atoms with Crippen molar-refractivity contribution in [1.82, 2.24) is 0 Å². The minimum atomic E-state index is 0. The number of rotatable bonds is 0. The number of hydrogen-bond donors (Lipinski definition) is 0. The van der Waals surface area contributed by atoms with Gasteiger partial charge in [-0.3, -0.25) is 0 Å². The molecule has 0 radical (unpaired) electrons. The third-order valence-electron chi connectivity index (χ3n) is 0. The maximum Gasteiger partial charge on any atom is 2.00 e. The molecule has 0 amide bonds. The summed E-state index contributed by atoms with van der Waals surface area (Å²) in [5.74, 6) is 0. The second-order valence-corrected chi connectivity index (χ2v) is 0. The molecule has 0 unspecified atom stereocenters. The Morgan fingerprint density at radius 1 is 1.25 bits per heavy atom. The molecule has 0 aromatic rings. The Labute approximate surface area is 75.6 Å². The molecule has 0 aromatic carbocycles. The van der Waals surface area contributed by atoms with Crippen LogP contribution < -0.4 is 0 Å². The van der Waals surface area contributed by atoms with E-state index < -0.39 is 0 Å². The quantitative estimate of drug-likeness (QED) is 0.394. The normalized spacial score (nSPS) is 1.00. The molecule has 0 heterocycles. The zero-order valence-corrected chi connectivity index (χ0v) is 5.85. The molecule has 0 bridgehead atoms. The van der Waals surface area contributed by atoms with Gasteiger partial charge in [-0.25, -0.2) is 0 Å². The maximum absolute atomic E-state index is 7.00. The largest absolute Gasteiger partial charge is 2.00 e. The summed E-state index contributed by atoms with van der Waals surface area (Å²) in [7, 11) is 0.